The average molecular weight is 218 g/mol. The molecule has 4 nitrogen and oxygen atoms in total. The van der Waals surface area contributed by atoms with Crippen LogP contribution in [0.4, 0.5) is 10.5 Å². The first kappa shape index (κ1) is 10.7. The van der Waals surface area contributed by atoms with Gasteiger partial charge in [-0.3, -0.25) is 14.6 Å². The molecule has 3 amide bonds. The Labute approximate surface area is 94.5 Å². The van der Waals surface area contributed by atoms with Gasteiger partial charge in [0.05, 0.1) is 0 Å². The van der Waals surface area contributed by atoms with E-state index in [0.29, 0.717) is 6.54 Å². The molecular weight excluding hydrogens is 204 g/mol. The normalized spacial score (nSPS) is 16.1. The van der Waals surface area contributed by atoms with Gasteiger partial charge in [0.25, 0.3) is 5.91 Å². The van der Waals surface area contributed by atoms with Crippen LogP contribution in [-0.4, -0.2) is 29.9 Å². The molecule has 1 saturated heterocycles. The fourth-order valence-corrected chi connectivity index (χ4v) is 1.78. The van der Waals surface area contributed by atoms with Gasteiger partial charge in [-0.2, -0.15) is 0 Å². The molecule has 0 saturated carbocycles. The van der Waals surface area contributed by atoms with Crippen LogP contribution in [0.3, 0.4) is 0 Å². The SMILES string of the molecule is CCN1C(=O)CN(c2ccc(C)cc2)C1=O. The van der Waals surface area contributed by atoms with Gasteiger partial charge in [0.15, 0.2) is 0 Å². The van der Waals surface area contributed by atoms with Gasteiger partial charge in [-0.1, -0.05) is 17.7 Å². The monoisotopic (exact) mass is 218 g/mol. The van der Waals surface area contributed by atoms with Crippen molar-refractivity contribution in [3.8, 4) is 0 Å². The van der Waals surface area contributed by atoms with Crippen molar-refractivity contribution in [1.29, 1.82) is 0 Å². The molecule has 0 bridgehead atoms. The minimum Gasteiger partial charge on any atom is -0.285 e. The summed E-state index contributed by atoms with van der Waals surface area (Å²) >= 11 is 0. The predicted molar refractivity (Wildman–Crippen MR) is 61.3 cm³/mol. The molecule has 1 aromatic carbocycles. The minimum absolute atomic E-state index is 0.131. The maximum Gasteiger partial charge on any atom is 0.331 e. The second-order valence-electron chi connectivity index (χ2n) is 3.84. The van der Waals surface area contributed by atoms with Crippen LogP contribution in [0.1, 0.15) is 12.5 Å². The molecular formula is C12H14N2O2. The summed E-state index contributed by atoms with van der Waals surface area (Å²) in [4.78, 5) is 26.2. The largest absolute Gasteiger partial charge is 0.331 e. The standard InChI is InChI=1S/C12H14N2O2/c1-3-13-11(15)8-14(12(13)16)10-6-4-9(2)5-7-10/h4-7H,3,8H2,1-2H3. The predicted octanol–water partition coefficient (Wildman–Crippen LogP) is 1.78. The summed E-state index contributed by atoms with van der Waals surface area (Å²) in [6.45, 7) is 4.36. The van der Waals surface area contributed by atoms with E-state index in [1.165, 1.54) is 9.80 Å². The molecule has 0 radical (unpaired) electrons. The first-order chi connectivity index (χ1) is 7.63. The van der Waals surface area contributed by atoms with Crippen LogP contribution in [-0.2, 0) is 4.79 Å². The van der Waals surface area contributed by atoms with E-state index in [2.05, 4.69) is 0 Å². The highest BCUT2D eigenvalue weighted by atomic mass is 16.2. The topological polar surface area (TPSA) is 40.6 Å². The molecule has 1 fully saturated rings. The van der Waals surface area contributed by atoms with Crippen molar-refractivity contribution in [3.63, 3.8) is 0 Å². The van der Waals surface area contributed by atoms with Gasteiger partial charge in [-0.15, -0.1) is 0 Å². The molecule has 0 spiro atoms. The second kappa shape index (κ2) is 3.96. The number of nitrogens with zero attached hydrogens (tertiary/aromatic N) is 2. The lowest BCUT2D eigenvalue weighted by molar-refractivity contribution is -0.124. The number of carbonyl (C=O) groups is 2. The van der Waals surface area contributed by atoms with Crippen LogP contribution in [0.2, 0.25) is 0 Å². The van der Waals surface area contributed by atoms with Gasteiger partial charge in [0.1, 0.15) is 6.54 Å². The quantitative estimate of drug-likeness (QED) is 0.710. The van der Waals surface area contributed by atoms with Crippen LogP contribution in [0.15, 0.2) is 24.3 Å². The summed E-state index contributed by atoms with van der Waals surface area (Å²) in [6, 6.07) is 7.36. The number of urea groups is 1. The van der Waals surface area contributed by atoms with E-state index in [1.807, 2.05) is 31.2 Å². The number of benzene rings is 1. The Balaban J connectivity index is 2.27. The molecule has 16 heavy (non-hydrogen) atoms. The molecule has 84 valence electrons. The molecule has 1 aliphatic rings. The number of hydrogen-bond acceptors (Lipinski definition) is 2. The van der Waals surface area contributed by atoms with Crippen molar-refractivity contribution < 1.29 is 9.59 Å². The van der Waals surface area contributed by atoms with Crippen molar-refractivity contribution in [1.82, 2.24) is 4.90 Å². The van der Waals surface area contributed by atoms with Gasteiger partial charge in [-0.25, -0.2) is 4.79 Å². The maximum atomic E-state index is 11.9. The highest BCUT2D eigenvalue weighted by Crippen LogP contribution is 2.21. The number of rotatable bonds is 2. The molecule has 0 aromatic heterocycles. The van der Waals surface area contributed by atoms with E-state index in [-0.39, 0.29) is 18.5 Å². The van der Waals surface area contributed by atoms with E-state index in [1.54, 1.807) is 6.92 Å². The van der Waals surface area contributed by atoms with Crippen molar-refractivity contribution >= 4 is 17.6 Å². The molecule has 4 heteroatoms. The lowest BCUT2D eigenvalue weighted by Gasteiger charge is -2.15. The highest BCUT2D eigenvalue weighted by Gasteiger charge is 2.35. The maximum absolute atomic E-state index is 11.9. The highest BCUT2D eigenvalue weighted by molar-refractivity contribution is 6.12. The van der Waals surface area contributed by atoms with E-state index >= 15 is 0 Å². The third-order valence-corrected chi connectivity index (χ3v) is 2.72. The van der Waals surface area contributed by atoms with E-state index in [0.717, 1.165) is 11.3 Å². The number of carbonyl (C=O) groups excluding carboxylic acids is 2. The average Bonchev–Trinajstić information content (AvgIpc) is 2.55. The molecule has 1 heterocycles. The summed E-state index contributed by atoms with van der Waals surface area (Å²) < 4.78 is 0. The van der Waals surface area contributed by atoms with Gasteiger partial charge in [-0.05, 0) is 26.0 Å². The van der Waals surface area contributed by atoms with E-state index in [4.69, 9.17) is 0 Å². The third-order valence-electron chi connectivity index (χ3n) is 2.72. The Morgan fingerprint density at radius 3 is 2.31 bits per heavy atom. The lowest BCUT2D eigenvalue weighted by atomic mass is 10.2. The number of amides is 3. The lowest BCUT2D eigenvalue weighted by Crippen LogP contribution is -2.32. The van der Waals surface area contributed by atoms with Crippen LogP contribution in [0, 0.1) is 6.92 Å². The summed E-state index contributed by atoms with van der Waals surface area (Å²) in [7, 11) is 0. The molecule has 0 atom stereocenters. The third kappa shape index (κ3) is 1.66. The van der Waals surface area contributed by atoms with E-state index < -0.39 is 0 Å². The van der Waals surface area contributed by atoms with Crippen LogP contribution < -0.4 is 4.90 Å². The summed E-state index contributed by atoms with van der Waals surface area (Å²) in [5, 5.41) is 0. The zero-order chi connectivity index (χ0) is 11.7. The zero-order valence-electron chi connectivity index (χ0n) is 9.43. The Kier molecular flexibility index (Phi) is 2.64. The first-order valence-corrected chi connectivity index (χ1v) is 5.32. The van der Waals surface area contributed by atoms with Crippen molar-refractivity contribution in [2.24, 2.45) is 0 Å². The van der Waals surface area contributed by atoms with E-state index in [9.17, 15) is 9.59 Å². The molecule has 1 aromatic rings. The van der Waals surface area contributed by atoms with Crippen LogP contribution in [0.5, 0.6) is 0 Å². The molecule has 0 N–H and O–H groups in total. The van der Waals surface area contributed by atoms with Crippen LogP contribution >= 0.6 is 0 Å². The zero-order valence-corrected chi connectivity index (χ0v) is 9.43. The van der Waals surface area contributed by atoms with Crippen molar-refractivity contribution in [3.05, 3.63) is 29.8 Å². The minimum atomic E-state index is -0.226. The number of anilines is 1. The number of imide groups is 1. The summed E-state index contributed by atoms with van der Waals surface area (Å²) in [5.41, 5.74) is 1.91. The molecule has 0 unspecified atom stereocenters. The Morgan fingerprint density at radius 1 is 1.19 bits per heavy atom. The molecule has 1 aliphatic heterocycles. The van der Waals surface area contributed by atoms with Gasteiger partial charge in [0.2, 0.25) is 0 Å². The van der Waals surface area contributed by atoms with Gasteiger partial charge < -0.3 is 0 Å². The fourth-order valence-electron chi connectivity index (χ4n) is 1.78. The Bertz CT molecular complexity index is 425. The summed E-state index contributed by atoms with van der Waals surface area (Å²) in [5.74, 6) is -0.131. The van der Waals surface area contributed by atoms with Crippen molar-refractivity contribution in [2.45, 2.75) is 13.8 Å². The van der Waals surface area contributed by atoms with Crippen molar-refractivity contribution in [2.75, 3.05) is 18.0 Å². The number of likely N-dealkylation sites (N-methyl/N-ethyl adjacent to an activating group) is 1. The Hall–Kier alpha value is -1.84. The fraction of sp³-hybridized carbons (Fsp3) is 0.333. The van der Waals surface area contributed by atoms with Gasteiger partial charge in [0, 0.05) is 12.2 Å². The molecule has 2 rings (SSSR count). The second-order valence-corrected chi connectivity index (χ2v) is 3.84. The Morgan fingerprint density at radius 2 is 1.81 bits per heavy atom. The number of hydrogen-bond donors (Lipinski definition) is 0. The van der Waals surface area contributed by atoms with Gasteiger partial charge >= 0.3 is 6.03 Å². The summed E-state index contributed by atoms with van der Waals surface area (Å²) in [6.07, 6.45) is 0. The number of aryl methyl sites for hydroxylation is 1. The van der Waals surface area contributed by atoms with Crippen LogP contribution in [0.25, 0.3) is 0 Å². The smallest absolute Gasteiger partial charge is 0.285 e. The first-order valence-electron chi connectivity index (χ1n) is 5.32. The molecule has 0 aliphatic carbocycles.